The lowest BCUT2D eigenvalue weighted by atomic mass is 10.3. The predicted molar refractivity (Wildman–Crippen MR) is 181 cm³/mol. The Balaban J connectivity index is 1.64. The SMILES string of the molecule is Cn1c(=NP(N=c2sc3ccccc3n2C)(N=c2sc3ccccc3n2C)=Nc2ccc([N+](=O)[O-])cc2)sc2ccccc21. The average Bonchev–Trinajstić information content (AvgIpc) is 3.63. The van der Waals surface area contributed by atoms with Gasteiger partial charge in [0, 0.05) is 33.3 Å². The maximum atomic E-state index is 11.4. The molecule has 4 aromatic carbocycles. The lowest BCUT2D eigenvalue weighted by Gasteiger charge is -2.10. The van der Waals surface area contributed by atoms with Crippen molar-refractivity contribution in [2.75, 3.05) is 0 Å². The molecular formula is C30H25N8O2PS3. The summed E-state index contributed by atoms with van der Waals surface area (Å²) in [6, 6.07) is 30.6. The number of fused-ring (bicyclic) bond motifs is 3. The average molecular weight is 657 g/mol. The first-order chi connectivity index (χ1) is 21.3. The van der Waals surface area contributed by atoms with E-state index in [1.54, 1.807) is 46.1 Å². The molecule has 0 saturated carbocycles. The number of nitrogens with zero attached hydrogens (tertiary/aromatic N) is 8. The molecule has 7 rings (SSSR count). The van der Waals surface area contributed by atoms with Crippen LogP contribution in [-0.2, 0) is 21.1 Å². The molecule has 0 radical (unpaired) electrons. The Morgan fingerprint density at radius 1 is 0.591 bits per heavy atom. The summed E-state index contributed by atoms with van der Waals surface area (Å²) in [6.45, 7) is 0. The van der Waals surface area contributed by atoms with Crippen LogP contribution in [0.2, 0.25) is 0 Å². The fraction of sp³-hybridized carbons (Fsp3) is 0.100. The Kier molecular flexibility index (Phi) is 7.25. The normalized spacial score (nSPS) is 14.6. The smallest absolute Gasteiger partial charge is 0.313 e. The summed E-state index contributed by atoms with van der Waals surface area (Å²) in [7, 11) is 2.58. The Hall–Kier alpha value is -4.42. The standard InChI is InChI=1S/C30H25N8O2PS3/c1-35-22-10-4-7-13-25(22)42-28(35)32-41(31-20-16-18-21(19-17-20)38(39)40,33-29-36(2)23-11-5-8-14-26(23)43-29)34-30-37(3)24-12-6-9-15-27(24)44-30/h4-19H,1-3H3. The number of para-hydroxylation sites is 3. The second-order valence-corrected chi connectivity index (χ2v) is 14.8. The number of hydrogen-bond acceptors (Lipinski definition) is 6. The van der Waals surface area contributed by atoms with Crippen LogP contribution in [0.4, 0.5) is 11.4 Å². The summed E-state index contributed by atoms with van der Waals surface area (Å²) in [6.07, 6.45) is 0. The van der Waals surface area contributed by atoms with E-state index in [1.807, 2.05) is 71.2 Å². The number of benzene rings is 4. The number of hydrogen-bond donors (Lipinski definition) is 0. The third-order valence-corrected chi connectivity index (χ3v) is 12.7. The van der Waals surface area contributed by atoms with Gasteiger partial charge in [-0.15, -0.1) is 0 Å². The monoisotopic (exact) mass is 656 g/mol. The molecule has 0 saturated heterocycles. The van der Waals surface area contributed by atoms with Gasteiger partial charge in [-0.25, -0.2) is 4.74 Å². The number of nitro groups is 1. The molecule has 3 heterocycles. The molecule has 220 valence electrons. The molecule has 0 aliphatic heterocycles. The van der Waals surface area contributed by atoms with E-state index in [-0.39, 0.29) is 5.69 Å². The fourth-order valence-corrected chi connectivity index (χ4v) is 10.8. The van der Waals surface area contributed by atoms with Crippen LogP contribution in [0.15, 0.2) is 116 Å². The number of aromatic nitrogens is 3. The van der Waals surface area contributed by atoms with E-state index in [9.17, 15) is 10.1 Å². The third-order valence-electron chi connectivity index (χ3n) is 7.11. The number of thiazole rings is 3. The molecule has 44 heavy (non-hydrogen) atoms. The van der Waals surface area contributed by atoms with Crippen molar-refractivity contribution in [2.24, 2.45) is 40.2 Å². The minimum atomic E-state index is -3.37. The fourth-order valence-electron chi connectivity index (χ4n) is 4.81. The van der Waals surface area contributed by atoms with Gasteiger partial charge in [0.1, 0.15) is 0 Å². The van der Waals surface area contributed by atoms with Crippen molar-refractivity contribution in [1.82, 2.24) is 13.7 Å². The second-order valence-electron chi connectivity index (χ2n) is 9.94. The second kappa shape index (κ2) is 11.3. The van der Waals surface area contributed by atoms with Gasteiger partial charge >= 0.3 is 7.51 Å². The van der Waals surface area contributed by atoms with Gasteiger partial charge in [-0.2, -0.15) is 14.3 Å². The summed E-state index contributed by atoms with van der Waals surface area (Å²) in [5.74, 6) is 0. The highest BCUT2D eigenvalue weighted by molar-refractivity contribution is 7.62. The van der Waals surface area contributed by atoms with Gasteiger partial charge < -0.3 is 13.7 Å². The third kappa shape index (κ3) is 5.17. The molecule has 0 fully saturated rings. The lowest BCUT2D eigenvalue weighted by Crippen LogP contribution is -2.14. The number of non-ortho nitro benzene ring substituents is 1. The molecule has 14 heteroatoms. The van der Waals surface area contributed by atoms with Crippen LogP contribution < -0.4 is 14.4 Å². The zero-order chi connectivity index (χ0) is 30.4. The van der Waals surface area contributed by atoms with Crippen molar-refractivity contribution in [2.45, 2.75) is 0 Å². The Morgan fingerprint density at radius 2 is 0.955 bits per heavy atom. The largest absolute Gasteiger partial charge is 0.319 e. The van der Waals surface area contributed by atoms with E-state index in [2.05, 4.69) is 36.4 Å². The summed E-state index contributed by atoms with van der Waals surface area (Å²) in [5.41, 5.74) is 3.64. The van der Waals surface area contributed by atoms with Crippen molar-refractivity contribution in [3.05, 3.63) is 122 Å². The molecule has 0 atom stereocenters. The highest BCUT2D eigenvalue weighted by Gasteiger charge is 2.21. The first kappa shape index (κ1) is 28.4. The van der Waals surface area contributed by atoms with E-state index in [0.29, 0.717) is 5.69 Å². The van der Waals surface area contributed by atoms with E-state index in [0.717, 1.165) is 45.1 Å². The topological polar surface area (TPSA) is 107 Å². The summed E-state index contributed by atoms with van der Waals surface area (Å²) >= 11 is 4.67. The molecule has 0 bridgehead atoms. The van der Waals surface area contributed by atoms with Crippen LogP contribution >= 0.6 is 41.5 Å². The Morgan fingerprint density at radius 3 is 1.30 bits per heavy atom. The van der Waals surface area contributed by atoms with Crippen LogP contribution in [-0.4, -0.2) is 18.6 Å². The van der Waals surface area contributed by atoms with Gasteiger partial charge in [0.2, 0.25) is 0 Å². The first-order valence-corrected chi connectivity index (χ1v) is 17.5. The molecular weight excluding hydrogens is 632 g/mol. The maximum Gasteiger partial charge on any atom is 0.313 e. The molecule has 3 aromatic heterocycles. The highest BCUT2D eigenvalue weighted by atomic mass is 32.1. The van der Waals surface area contributed by atoms with Crippen molar-refractivity contribution >= 4 is 83.5 Å². The predicted octanol–water partition coefficient (Wildman–Crippen LogP) is 7.63. The number of nitro benzene ring substituents is 1. The molecule has 0 unspecified atom stereocenters. The van der Waals surface area contributed by atoms with Gasteiger partial charge in [0.05, 0.1) is 41.3 Å². The van der Waals surface area contributed by atoms with Crippen LogP contribution in [0.1, 0.15) is 0 Å². The van der Waals surface area contributed by atoms with E-state index in [1.165, 1.54) is 12.1 Å². The number of aryl methyl sites for hydroxylation is 3. The zero-order valence-electron chi connectivity index (χ0n) is 23.8. The van der Waals surface area contributed by atoms with Gasteiger partial charge in [-0.1, -0.05) is 70.4 Å². The van der Waals surface area contributed by atoms with Crippen LogP contribution in [0.5, 0.6) is 0 Å². The minimum Gasteiger partial charge on any atom is -0.319 e. The van der Waals surface area contributed by atoms with Crippen molar-refractivity contribution in [1.29, 1.82) is 0 Å². The molecule has 0 amide bonds. The van der Waals surface area contributed by atoms with E-state index in [4.69, 9.17) is 19.0 Å². The zero-order valence-corrected chi connectivity index (χ0v) is 27.1. The van der Waals surface area contributed by atoms with Gasteiger partial charge in [-0.05, 0) is 48.5 Å². The van der Waals surface area contributed by atoms with Gasteiger partial charge in [0.15, 0.2) is 14.4 Å². The molecule has 0 aliphatic rings. The Labute approximate surface area is 262 Å². The number of rotatable bonds is 5. The highest BCUT2D eigenvalue weighted by Crippen LogP contribution is 2.56. The van der Waals surface area contributed by atoms with Crippen molar-refractivity contribution < 1.29 is 4.92 Å². The van der Waals surface area contributed by atoms with Crippen LogP contribution in [0.25, 0.3) is 30.6 Å². The molecule has 0 N–H and O–H groups in total. The maximum absolute atomic E-state index is 11.4. The molecule has 7 aromatic rings. The van der Waals surface area contributed by atoms with E-state index < -0.39 is 12.4 Å². The summed E-state index contributed by atoms with van der Waals surface area (Å²) in [4.78, 5) is 13.2. The molecule has 0 spiro atoms. The Bertz CT molecular complexity index is 2270. The summed E-state index contributed by atoms with van der Waals surface area (Å²) < 4.78 is 30.6. The van der Waals surface area contributed by atoms with Gasteiger partial charge in [-0.3, -0.25) is 10.1 Å². The van der Waals surface area contributed by atoms with Crippen LogP contribution in [0.3, 0.4) is 0 Å². The van der Waals surface area contributed by atoms with Crippen molar-refractivity contribution in [3.8, 4) is 0 Å². The minimum absolute atomic E-state index is 0.0126. The van der Waals surface area contributed by atoms with E-state index >= 15 is 0 Å². The molecule has 10 nitrogen and oxygen atoms in total. The molecule has 0 aliphatic carbocycles. The summed E-state index contributed by atoms with van der Waals surface area (Å²) in [5, 5.41) is 11.4. The lowest BCUT2D eigenvalue weighted by molar-refractivity contribution is -0.384. The quantitative estimate of drug-likeness (QED) is 0.108. The van der Waals surface area contributed by atoms with Gasteiger partial charge in [0.25, 0.3) is 5.69 Å². The van der Waals surface area contributed by atoms with Crippen LogP contribution in [0, 0.1) is 10.1 Å². The first-order valence-electron chi connectivity index (χ1n) is 13.5. The van der Waals surface area contributed by atoms with Crippen molar-refractivity contribution in [3.63, 3.8) is 0 Å².